The number of nitrogens with one attached hydrogen (secondary N) is 3. The molecule has 1 aromatic heterocycles. The Bertz CT molecular complexity index is 479. The van der Waals surface area contributed by atoms with Crippen LogP contribution in [0.3, 0.4) is 0 Å². The maximum absolute atomic E-state index is 11.5. The fourth-order valence-electron chi connectivity index (χ4n) is 1.28. The summed E-state index contributed by atoms with van der Waals surface area (Å²) in [7, 11) is 0. The van der Waals surface area contributed by atoms with Crippen LogP contribution < -0.4 is 15.5 Å². The third-order valence-electron chi connectivity index (χ3n) is 2.23. The molecule has 2 amide bonds. The van der Waals surface area contributed by atoms with Gasteiger partial charge in [0.25, 0.3) is 0 Å². The zero-order valence-electron chi connectivity index (χ0n) is 10.0. The molecule has 0 aliphatic heterocycles. The van der Waals surface area contributed by atoms with Crippen molar-refractivity contribution in [2.24, 2.45) is 5.92 Å². The molecule has 0 bridgehead atoms. The Balaban J connectivity index is 2.46. The molecule has 1 heterocycles. The number of rotatable bonds is 5. The number of carbonyl (C=O) groups excluding carboxylic acids is 1. The first-order chi connectivity index (χ1) is 8.40. The predicted octanol–water partition coefficient (Wildman–Crippen LogP) is 0.345. The first kappa shape index (κ1) is 14.2. The van der Waals surface area contributed by atoms with Gasteiger partial charge in [0.1, 0.15) is 6.04 Å². The standard InChI is InChI=1S/C10H15N3O4S/c1-5(2)7(8(14)15)13-9(16)11-3-6-4-18-10(17)12-6/h4-5,7H,3H2,1-2H3,(H,12,17)(H,14,15)(H2,11,13,16). The largest absolute Gasteiger partial charge is 0.480 e. The van der Waals surface area contributed by atoms with E-state index in [1.54, 1.807) is 19.2 Å². The summed E-state index contributed by atoms with van der Waals surface area (Å²) < 4.78 is 0. The van der Waals surface area contributed by atoms with Gasteiger partial charge in [-0.15, -0.1) is 0 Å². The number of carboxylic acids is 1. The van der Waals surface area contributed by atoms with Crippen molar-refractivity contribution in [3.63, 3.8) is 0 Å². The Morgan fingerprint density at radius 3 is 2.61 bits per heavy atom. The van der Waals surface area contributed by atoms with Crippen molar-refractivity contribution >= 4 is 23.3 Å². The van der Waals surface area contributed by atoms with Crippen LogP contribution >= 0.6 is 11.3 Å². The fourth-order valence-corrected chi connectivity index (χ4v) is 1.86. The van der Waals surface area contributed by atoms with Gasteiger partial charge in [-0.1, -0.05) is 25.2 Å². The minimum Gasteiger partial charge on any atom is -0.480 e. The molecule has 0 fully saturated rings. The first-order valence-electron chi connectivity index (χ1n) is 5.34. The van der Waals surface area contributed by atoms with E-state index in [1.807, 2.05) is 0 Å². The molecule has 1 atom stereocenters. The number of urea groups is 1. The number of carbonyl (C=O) groups is 2. The van der Waals surface area contributed by atoms with E-state index < -0.39 is 18.0 Å². The molecule has 7 nitrogen and oxygen atoms in total. The second-order valence-corrected chi connectivity index (χ2v) is 4.90. The fraction of sp³-hybridized carbons (Fsp3) is 0.500. The van der Waals surface area contributed by atoms with Crippen LogP contribution in [-0.2, 0) is 11.3 Å². The number of aromatic nitrogens is 1. The van der Waals surface area contributed by atoms with Crippen LogP contribution in [0.1, 0.15) is 19.5 Å². The number of aliphatic carboxylic acids is 1. The van der Waals surface area contributed by atoms with Crippen LogP contribution in [0.4, 0.5) is 4.79 Å². The van der Waals surface area contributed by atoms with E-state index in [2.05, 4.69) is 15.6 Å². The van der Waals surface area contributed by atoms with Crippen molar-refractivity contribution in [2.75, 3.05) is 0 Å². The topological polar surface area (TPSA) is 111 Å². The number of H-pyrrole nitrogens is 1. The maximum Gasteiger partial charge on any atom is 0.326 e. The van der Waals surface area contributed by atoms with Gasteiger partial charge in [-0.2, -0.15) is 0 Å². The summed E-state index contributed by atoms with van der Waals surface area (Å²) in [5, 5.41) is 15.3. The minimum absolute atomic E-state index is 0.148. The van der Waals surface area contributed by atoms with E-state index in [9.17, 15) is 14.4 Å². The number of hydrogen-bond acceptors (Lipinski definition) is 4. The van der Waals surface area contributed by atoms with Crippen LogP contribution in [0.2, 0.25) is 0 Å². The zero-order chi connectivity index (χ0) is 13.7. The summed E-state index contributed by atoms with van der Waals surface area (Å²) in [6.45, 7) is 3.56. The van der Waals surface area contributed by atoms with Gasteiger partial charge in [0.15, 0.2) is 0 Å². The molecule has 1 unspecified atom stereocenters. The van der Waals surface area contributed by atoms with Gasteiger partial charge in [-0.05, 0) is 5.92 Å². The van der Waals surface area contributed by atoms with Gasteiger partial charge >= 0.3 is 16.9 Å². The Hall–Kier alpha value is -1.83. The molecule has 100 valence electrons. The molecule has 1 rings (SSSR count). The molecule has 0 aliphatic carbocycles. The van der Waals surface area contributed by atoms with Crippen molar-refractivity contribution in [3.8, 4) is 0 Å². The zero-order valence-corrected chi connectivity index (χ0v) is 10.8. The van der Waals surface area contributed by atoms with E-state index in [0.717, 1.165) is 11.3 Å². The Kier molecular flexibility index (Phi) is 4.90. The molecule has 0 spiro atoms. The quantitative estimate of drug-likeness (QED) is 0.620. The summed E-state index contributed by atoms with van der Waals surface area (Å²) in [6.07, 6.45) is 0. The lowest BCUT2D eigenvalue weighted by Gasteiger charge is -2.17. The average molecular weight is 273 g/mol. The van der Waals surface area contributed by atoms with Crippen LogP contribution in [0, 0.1) is 5.92 Å². The first-order valence-corrected chi connectivity index (χ1v) is 6.22. The summed E-state index contributed by atoms with van der Waals surface area (Å²) in [5.74, 6) is -1.29. The van der Waals surface area contributed by atoms with Gasteiger partial charge < -0.3 is 20.7 Å². The van der Waals surface area contributed by atoms with Crippen molar-refractivity contribution in [3.05, 3.63) is 20.7 Å². The van der Waals surface area contributed by atoms with Crippen molar-refractivity contribution in [1.82, 2.24) is 15.6 Å². The number of hydrogen-bond donors (Lipinski definition) is 4. The highest BCUT2D eigenvalue weighted by molar-refractivity contribution is 7.07. The lowest BCUT2D eigenvalue weighted by atomic mass is 10.1. The van der Waals surface area contributed by atoms with Crippen molar-refractivity contribution < 1.29 is 14.7 Å². The second kappa shape index (κ2) is 6.20. The number of aromatic amines is 1. The summed E-state index contributed by atoms with van der Waals surface area (Å²) in [4.78, 5) is 35.5. The van der Waals surface area contributed by atoms with Crippen LogP contribution in [0.15, 0.2) is 10.2 Å². The van der Waals surface area contributed by atoms with Crippen molar-refractivity contribution in [1.29, 1.82) is 0 Å². The molecule has 4 N–H and O–H groups in total. The minimum atomic E-state index is -1.08. The normalized spacial score (nSPS) is 12.2. The van der Waals surface area contributed by atoms with Crippen LogP contribution in [0.25, 0.3) is 0 Å². The highest BCUT2D eigenvalue weighted by atomic mass is 32.1. The molecular formula is C10H15N3O4S. The maximum atomic E-state index is 11.5. The third-order valence-corrected chi connectivity index (χ3v) is 2.95. The monoisotopic (exact) mass is 273 g/mol. The van der Waals surface area contributed by atoms with E-state index in [1.165, 1.54) is 0 Å². The highest BCUT2D eigenvalue weighted by Crippen LogP contribution is 2.01. The second-order valence-electron chi connectivity index (χ2n) is 4.06. The number of thiazole rings is 1. The SMILES string of the molecule is CC(C)C(NC(=O)NCc1csc(=O)[nH]1)C(=O)O. The molecule has 18 heavy (non-hydrogen) atoms. The number of amides is 2. The van der Waals surface area contributed by atoms with Crippen molar-refractivity contribution in [2.45, 2.75) is 26.4 Å². The molecule has 0 radical (unpaired) electrons. The predicted molar refractivity (Wildman–Crippen MR) is 66.6 cm³/mol. The Morgan fingerprint density at radius 1 is 1.50 bits per heavy atom. The average Bonchev–Trinajstić information content (AvgIpc) is 2.68. The lowest BCUT2D eigenvalue weighted by Crippen LogP contribution is -2.48. The summed E-state index contributed by atoms with van der Waals surface area (Å²) in [5.41, 5.74) is 0.580. The van der Waals surface area contributed by atoms with E-state index >= 15 is 0 Å². The molecular weight excluding hydrogens is 258 g/mol. The van der Waals surface area contributed by atoms with Crippen LogP contribution in [-0.4, -0.2) is 28.1 Å². The van der Waals surface area contributed by atoms with Gasteiger partial charge in [0.2, 0.25) is 0 Å². The van der Waals surface area contributed by atoms with Crippen LogP contribution in [0.5, 0.6) is 0 Å². The molecule has 0 aromatic carbocycles. The molecule has 8 heteroatoms. The van der Waals surface area contributed by atoms with E-state index in [4.69, 9.17) is 5.11 Å². The van der Waals surface area contributed by atoms with Gasteiger partial charge in [-0.3, -0.25) is 4.79 Å². The smallest absolute Gasteiger partial charge is 0.326 e. The lowest BCUT2D eigenvalue weighted by molar-refractivity contribution is -0.140. The molecule has 0 saturated heterocycles. The molecule has 0 saturated carbocycles. The Morgan fingerprint density at radius 2 is 2.17 bits per heavy atom. The van der Waals surface area contributed by atoms with Gasteiger partial charge in [-0.25, -0.2) is 9.59 Å². The van der Waals surface area contributed by atoms with E-state index in [0.29, 0.717) is 5.69 Å². The van der Waals surface area contributed by atoms with Gasteiger partial charge in [0.05, 0.1) is 6.54 Å². The highest BCUT2D eigenvalue weighted by Gasteiger charge is 2.23. The summed E-state index contributed by atoms with van der Waals surface area (Å²) >= 11 is 1.00. The Labute approximate surface area is 107 Å². The van der Waals surface area contributed by atoms with E-state index in [-0.39, 0.29) is 17.3 Å². The third kappa shape index (κ3) is 4.21. The molecule has 0 aliphatic rings. The summed E-state index contributed by atoms with van der Waals surface area (Å²) in [6, 6.07) is -1.52. The molecule has 1 aromatic rings. The number of carboxylic acid groups (broad SMARTS) is 1. The van der Waals surface area contributed by atoms with Gasteiger partial charge in [0, 0.05) is 11.1 Å².